The van der Waals surface area contributed by atoms with Crippen molar-refractivity contribution in [1.82, 2.24) is 5.06 Å². The molecule has 0 saturated carbocycles. The second kappa shape index (κ2) is 19.5. The normalized spacial score (nSPS) is 19.0. The van der Waals surface area contributed by atoms with Gasteiger partial charge in [-0.1, -0.05) is 106 Å². The second-order valence-corrected chi connectivity index (χ2v) is 20.7. The largest absolute Gasteiger partial charge is 1.00 e. The number of nitrogens with zero attached hydrogens (tertiary/aromatic N) is 3. The molecule has 3 heterocycles. The summed E-state index contributed by atoms with van der Waals surface area (Å²) in [4.78, 5) is 45.3. The van der Waals surface area contributed by atoms with Gasteiger partial charge in [0.1, 0.15) is 6.54 Å². The fraction of sp³-hybridized carbons (Fsp3) is 0.321. The number of fused-ring (bicyclic) bond motifs is 6. The van der Waals surface area contributed by atoms with Gasteiger partial charge in [0.2, 0.25) is 5.69 Å². The molecular formula is C56H57N3NaO7S+. The summed E-state index contributed by atoms with van der Waals surface area (Å²) in [5.41, 5.74) is 10.6. The average Bonchev–Trinajstić information content (AvgIpc) is 3.83. The summed E-state index contributed by atoms with van der Waals surface area (Å²) >= 11 is 0. The third-order valence-corrected chi connectivity index (χ3v) is 14.8. The molecule has 4 aliphatic rings. The molecule has 0 N–H and O–H groups in total. The number of imide groups is 1. The monoisotopic (exact) mass is 938 g/mol. The number of unbranched alkanes of at least 4 members (excludes halogenated alkanes) is 1. The van der Waals surface area contributed by atoms with Crippen LogP contribution >= 0.6 is 0 Å². The number of hydrogen-bond donors (Lipinski definition) is 0. The fourth-order valence-corrected chi connectivity index (χ4v) is 11.3. The quantitative estimate of drug-likeness (QED) is 0.0502. The topological polar surface area (TPSA) is 127 Å². The summed E-state index contributed by atoms with van der Waals surface area (Å²) in [6.07, 6.45) is 13.8. The summed E-state index contributed by atoms with van der Waals surface area (Å²) in [5.74, 6) is -2.31. The van der Waals surface area contributed by atoms with Gasteiger partial charge in [-0.2, -0.15) is 4.58 Å². The predicted octanol–water partition coefficient (Wildman–Crippen LogP) is 8.13. The molecule has 10 nitrogen and oxygen atoms in total. The molecule has 9 rings (SSSR count). The summed E-state index contributed by atoms with van der Waals surface area (Å²) in [7, 11) is -4.41. The van der Waals surface area contributed by atoms with E-state index < -0.39 is 39.1 Å². The number of hydroxylamine groups is 2. The molecule has 0 radical (unpaired) electrons. The molecule has 0 unspecified atom stereocenters. The minimum Gasteiger partial charge on any atom is -0.748 e. The molecule has 1 fully saturated rings. The molecule has 1 saturated heterocycles. The van der Waals surface area contributed by atoms with Crippen LogP contribution < -0.4 is 34.5 Å². The molecule has 0 aromatic heterocycles. The zero-order valence-electron chi connectivity index (χ0n) is 39.9. The van der Waals surface area contributed by atoms with Gasteiger partial charge in [0.05, 0.1) is 21.1 Å². The molecule has 1 aliphatic carbocycles. The Morgan fingerprint density at radius 1 is 0.765 bits per heavy atom. The Kier molecular flexibility index (Phi) is 14.1. The van der Waals surface area contributed by atoms with Gasteiger partial charge in [-0.25, -0.2) is 13.2 Å². The third kappa shape index (κ3) is 9.23. The summed E-state index contributed by atoms with van der Waals surface area (Å²) in [6, 6.07) is 32.8. The standard InChI is InChI=1S/C56H57N3O7S.Na/c1-6-7-34-57-45-28-24-37-14-8-10-18-43(37)52(45)55(2,3)47(57)30-26-39-16-12-17-40(51(39)41-20-22-42(23-21-41)54(62)66-59-49(60)32-33-50(59)61)27-31-48-56(4,5)53-44-19-11-9-15-38(44)25-29-46(53)58(48)35-13-36-67(63,64)65;/h8-11,14-15,18-31H,6-7,12-13,16-17,32-36H2,1-5H3;/q;+1. The number of carbonyl (C=O) groups excluding carboxylic acids is 3. The molecule has 12 heteroatoms. The Morgan fingerprint density at radius 2 is 1.41 bits per heavy atom. The minimum atomic E-state index is -4.41. The number of benzene rings is 5. The number of amides is 2. The van der Waals surface area contributed by atoms with Gasteiger partial charge in [-0.3, -0.25) is 9.59 Å². The van der Waals surface area contributed by atoms with Crippen molar-refractivity contribution in [3.05, 3.63) is 160 Å². The smallest absolute Gasteiger partial charge is 0.748 e. The summed E-state index contributed by atoms with van der Waals surface area (Å²) < 4.78 is 37.9. The van der Waals surface area contributed by atoms with Crippen molar-refractivity contribution in [2.45, 2.75) is 96.8 Å². The van der Waals surface area contributed by atoms with Crippen LogP contribution in [0.25, 0.3) is 27.1 Å². The summed E-state index contributed by atoms with van der Waals surface area (Å²) in [5, 5.41) is 5.29. The predicted molar refractivity (Wildman–Crippen MR) is 264 cm³/mol. The Hall–Kier alpha value is -5.43. The maximum atomic E-state index is 13.3. The maximum Gasteiger partial charge on any atom is 1.00 e. The zero-order valence-corrected chi connectivity index (χ0v) is 42.7. The molecule has 68 heavy (non-hydrogen) atoms. The molecule has 3 aliphatic heterocycles. The second-order valence-electron chi connectivity index (χ2n) is 19.1. The van der Waals surface area contributed by atoms with E-state index in [0.29, 0.717) is 11.6 Å². The van der Waals surface area contributed by atoms with E-state index in [1.807, 2.05) is 24.3 Å². The van der Waals surface area contributed by atoms with Gasteiger partial charge in [-0.15, -0.1) is 5.06 Å². The van der Waals surface area contributed by atoms with Crippen molar-refractivity contribution in [1.29, 1.82) is 0 Å². The Balaban J connectivity index is 0.00000625. The van der Waals surface area contributed by atoms with Crippen molar-refractivity contribution < 1.29 is 66.3 Å². The van der Waals surface area contributed by atoms with Crippen molar-refractivity contribution in [2.75, 3.05) is 23.7 Å². The van der Waals surface area contributed by atoms with Gasteiger partial charge in [0.25, 0.3) is 11.8 Å². The van der Waals surface area contributed by atoms with Crippen molar-refractivity contribution in [3.8, 4) is 0 Å². The van der Waals surface area contributed by atoms with E-state index in [1.165, 1.54) is 27.7 Å². The zero-order chi connectivity index (χ0) is 47.3. The Morgan fingerprint density at radius 3 is 2.07 bits per heavy atom. The first kappa shape index (κ1) is 49.0. The van der Waals surface area contributed by atoms with Crippen LogP contribution in [0.5, 0.6) is 0 Å². The molecule has 0 bridgehead atoms. The van der Waals surface area contributed by atoms with Crippen LogP contribution in [0, 0.1) is 0 Å². The van der Waals surface area contributed by atoms with Crippen molar-refractivity contribution in [2.24, 2.45) is 0 Å². The van der Waals surface area contributed by atoms with Crippen molar-refractivity contribution in [3.63, 3.8) is 0 Å². The van der Waals surface area contributed by atoms with Gasteiger partial charge in [0.15, 0.2) is 5.71 Å². The first-order valence-electron chi connectivity index (χ1n) is 23.5. The maximum absolute atomic E-state index is 13.3. The number of anilines is 1. The molecule has 344 valence electrons. The molecule has 5 aromatic rings. The van der Waals surface area contributed by atoms with E-state index >= 15 is 0 Å². The van der Waals surface area contributed by atoms with E-state index in [1.54, 1.807) is 12.1 Å². The molecule has 0 spiro atoms. The van der Waals surface area contributed by atoms with E-state index in [0.717, 1.165) is 88.7 Å². The van der Waals surface area contributed by atoms with Gasteiger partial charge in [-0.05, 0) is 119 Å². The molecule has 5 aromatic carbocycles. The summed E-state index contributed by atoms with van der Waals surface area (Å²) in [6.45, 7) is 12.5. The molecule has 0 atom stereocenters. The van der Waals surface area contributed by atoms with Crippen molar-refractivity contribution >= 4 is 72.1 Å². The van der Waals surface area contributed by atoms with Gasteiger partial charge >= 0.3 is 35.5 Å². The van der Waals surface area contributed by atoms with Crippen LogP contribution in [-0.4, -0.2) is 64.9 Å². The average molecular weight is 939 g/mol. The van der Waals surface area contributed by atoms with Crippen LogP contribution in [0.3, 0.4) is 0 Å². The van der Waals surface area contributed by atoms with Crippen LogP contribution in [0.4, 0.5) is 11.4 Å². The van der Waals surface area contributed by atoms with Crippen LogP contribution in [-0.2, 0) is 35.4 Å². The Bertz CT molecular complexity index is 3130. The van der Waals surface area contributed by atoms with E-state index in [4.69, 9.17) is 4.84 Å². The number of allylic oxidation sites excluding steroid dienone is 8. The fourth-order valence-electron chi connectivity index (χ4n) is 10.8. The SMILES string of the molecule is CCCC[N+]1=C(/C=C/C2=C(c3ccc(C(=O)ON4C(=O)CCC4=O)cc3)C(=C/C=C3/N(CCCS(=O)(=O)[O-])c4ccc5ccccc5c4C3(C)C)/CCC2)C(C)(C)c2c1ccc1ccccc21.[Na+]. The number of rotatable bonds is 13. The van der Waals surface area contributed by atoms with E-state index in [9.17, 15) is 27.4 Å². The van der Waals surface area contributed by atoms with Crippen LogP contribution in [0.1, 0.15) is 113 Å². The number of carbonyl (C=O) groups is 3. The first-order valence-corrected chi connectivity index (χ1v) is 25.1. The van der Waals surface area contributed by atoms with Gasteiger partial charge < -0.3 is 14.3 Å². The van der Waals surface area contributed by atoms with E-state index in [2.05, 4.69) is 129 Å². The van der Waals surface area contributed by atoms with Gasteiger partial charge in [0, 0.05) is 66.1 Å². The minimum absolute atomic E-state index is 0. The molecular weight excluding hydrogens is 882 g/mol. The number of hydrogen-bond acceptors (Lipinski definition) is 8. The van der Waals surface area contributed by atoms with Crippen LogP contribution in [0.2, 0.25) is 0 Å². The van der Waals surface area contributed by atoms with E-state index in [-0.39, 0.29) is 59.8 Å². The van der Waals surface area contributed by atoms with Crippen LogP contribution in [0.15, 0.2) is 138 Å². The Labute approximate surface area is 421 Å². The third-order valence-electron chi connectivity index (χ3n) is 14.0. The molecule has 2 amide bonds. The first-order chi connectivity index (χ1) is 32.1.